The Morgan fingerprint density at radius 1 is 1.13 bits per heavy atom. The van der Waals surface area contributed by atoms with Crippen molar-refractivity contribution >= 4 is 0 Å². The normalized spacial score (nSPS) is 18.0. The van der Waals surface area contributed by atoms with Crippen LogP contribution in [0.1, 0.15) is 35.9 Å². The van der Waals surface area contributed by atoms with Crippen molar-refractivity contribution in [1.82, 2.24) is 9.88 Å². The summed E-state index contributed by atoms with van der Waals surface area (Å²) >= 11 is 0. The van der Waals surface area contributed by atoms with Crippen LogP contribution >= 0.6 is 0 Å². The Morgan fingerprint density at radius 3 is 2.52 bits per heavy atom. The van der Waals surface area contributed by atoms with E-state index in [1.165, 1.54) is 0 Å². The zero-order chi connectivity index (χ0) is 16.2. The van der Waals surface area contributed by atoms with Gasteiger partial charge in [0, 0.05) is 12.2 Å². The fourth-order valence-corrected chi connectivity index (χ4v) is 3.28. The van der Waals surface area contributed by atoms with Gasteiger partial charge in [-0.05, 0) is 56.5 Å². The topological polar surface area (TPSA) is 56.6 Å². The summed E-state index contributed by atoms with van der Waals surface area (Å²) in [4.78, 5) is 6.73. The molecule has 4 nitrogen and oxygen atoms in total. The van der Waals surface area contributed by atoms with E-state index in [9.17, 15) is 10.2 Å². The van der Waals surface area contributed by atoms with Gasteiger partial charge in [0.05, 0.1) is 11.8 Å². The van der Waals surface area contributed by atoms with Gasteiger partial charge in [0.15, 0.2) is 0 Å². The first-order chi connectivity index (χ1) is 11.1. The molecule has 1 fully saturated rings. The van der Waals surface area contributed by atoms with Gasteiger partial charge in [0.2, 0.25) is 0 Å². The summed E-state index contributed by atoms with van der Waals surface area (Å²) in [6.07, 6.45) is 1.54. The Balaban J connectivity index is 1.57. The number of hydrogen-bond acceptors (Lipinski definition) is 4. The van der Waals surface area contributed by atoms with Crippen LogP contribution in [0, 0.1) is 12.8 Å². The van der Waals surface area contributed by atoms with Crippen molar-refractivity contribution in [2.45, 2.75) is 32.4 Å². The van der Waals surface area contributed by atoms with E-state index in [4.69, 9.17) is 0 Å². The minimum absolute atomic E-state index is 0.266. The fourth-order valence-electron chi connectivity index (χ4n) is 3.28. The van der Waals surface area contributed by atoms with Crippen LogP contribution in [0.5, 0.6) is 5.75 Å². The highest BCUT2D eigenvalue weighted by molar-refractivity contribution is 5.27. The molecule has 0 aliphatic carbocycles. The number of rotatable bonds is 4. The number of pyridine rings is 1. The summed E-state index contributed by atoms with van der Waals surface area (Å²) in [5, 5.41) is 20.5. The second kappa shape index (κ2) is 7.11. The lowest BCUT2D eigenvalue weighted by atomic mass is 9.87. The number of hydrogen-bond donors (Lipinski definition) is 2. The molecule has 4 heteroatoms. The molecule has 1 aliphatic heterocycles. The quantitative estimate of drug-likeness (QED) is 0.911. The van der Waals surface area contributed by atoms with Gasteiger partial charge in [-0.25, -0.2) is 0 Å². The lowest BCUT2D eigenvalue weighted by Gasteiger charge is -2.34. The monoisotopic (exact) mass is 312 g/mol. The first kappa shape index (κ1) is 16.0. The zero-order valence-electron chi connectivity index (χ0n) is 13.5. The minimum atomic E-state index is -0.385. The highest BCUT2D eigenvalue weighted by atomic mass is 16.3. The molecule has 0 radical (unpaired) electrons. The molecule has 0 amide bonds. The van der Waals surface area contributed by atoms with Crippen LogP contribution in [0.25, 0.3) is 0 Å². The summed E-state index contributed by atoms with van der Waals surface area (Å²) in [5.74, 6) is 0.565. The van der Waals surface area contributed by atoms with Crippen LogP contribution in [0.4, 0.5) is 0 Å². The maximum atomic E-state index is 10.5. The molecule has 1 atom stereocenters. The molecule has 3 rings (SSSR count). The van der Waals surface area contributed by atoms with Gasteiger partial charge >= 0.3 is 0 Å². The lowest BCUT2D eigenvalue weighted by molar-refractivity contribution is 0.0562. The van der Waals surface area contributed by atoms with Gasteiger partial charge in [-0.2, -0.15) is 0 Å². The predicted molar refractivity (Wildman–Crippen MR) is 90.0 cm³/mol. The third-order valence-electron chi connectivity index (χ3n) is 4.68. The fraction of sp³-hybridized carbons (Fsp3) is 0.421. The van der Waals surface area contributed by atoms with Crippen molar-refractivity contribution in [2.75, 3.05) is 13.1 Å². The predicted octanol–water partition coefficient (Wildman–Crippen LogP) is 3.04. The van der Waals surface area contributed by atoms with Crippen molar-refractivity contribution in [3.63, 3.8) is 0 Å². The molecule has 0 spiro atoms. The molecular formula is C19H24N2O2. The molecule has 1 aromatic heterocycles. The molecule has 0 unspecified atom stereocenters. The number of aromatic nitrogens is 1. The zero-order valence-corrected chi connectivity index (χ0v) is 13.5. The number of aliphatic hydroxyl groups excluding tert-OH is 1. The highest BCUT2D eigenvalue weighted by Gasteiger charge is 2.26. The number of aromatic hydroxyl groups is 1. The molecule has 1 aromatic carbocycles. The van der Waals surface area contributed by atoms with E-state index in [1.54, 1.807) is 6.07 Å². The van der Waals surface area contributed by atoms with Crippen molar-refractivity contribution in [2.24, 2.45) is 5.92 Å². The SMILES string of the molecule is Cc1ccc(O)c(CN2CCC([C@H](O)c3ccccc3)CC2)n1. The van der Waals surface area contributed by atoms with Gasteiger partial charge in [-0.1, -0.05) is 30.3 Å². The van der Waals surface area contributed by atoms with Crippen LogP contribution in [-0.2, 0) is 6.54 Å². The Kier molecular flexibility index (Phi) is 4.94. The number of aryl methyl sites for hydroxylation is 1. The average Bonchev–Trinajstić information content (AvgIpc) is 2.59. The number of benzene rings is 1. The van der Waals surface area contributed by atoms with E-state index < -0.39 is 0 Å². The van der Waals surface area contributed by atoms with Gasteiger partial charge < -0.3 is 10.2 Å². The number of piperidine rings is 1. The van der Waals surface area contributed by atoms with Crippen molar-refractivity contribution in [3.8, 4) is 5.75 Å². The molecule has 1 aliphatic rings. The highest BCUT2D eigenvalue weighted by Crippen LogP contribution is 2.31. The lowest BCUT2D eigenvalue weighted by Crippen LogP contribution is -2.35. The Bertz CT molecular complexity index is 637. The largest absolute Gasteiger partial charge is 0.506 e. The summed E-state index contributed by atoms with van der Waals surface area (Å²) in [6.45, 7) is 4.44. The van der Waals surface area contributed by atoms with E-state index >= 15 is 0 Å². The Hall–Kier alpha value is -1.91. The minimum Gasteiger partial charge on any atom is -0.506 e. The van der Waals surface area contributed by atoms with E-state index in [1.807, 2.05) is 43.3 Å². The van der Waals surface area contributed by atoms with E-state index in [0.717, 1.165) is 42.9 Å². The van der Waals surface area contributed by atoms with Gasteiger partial charge in [0.25, 0.3) is 0 Å². The summed E-state index contributed by atoms with van der Waals surface area (Å²) in [7, 11) is 0. The molecule has 0 bridgehead atoms. The maximum absolute atomic E-state index is 10.5. The van der Waals surface area contributed by atoms with E-state index in [2.05, 4.69) is 9.88 Å². The standard InChI is InChI=1S/C19H24N2O2/c1-14-7-8-18(22)17(20-14)13-21-11-9-16(10-12-21)19(23)15-5-3-2-4-6-15/h2-8,16,19,22-23H,9-13H2,1H3/t19-/m1/s1. The van der Waals surface area contributed by atoms with Crippen molar-refractivity contribution in [3.05, 3.63) is 59.4 Å². The molecular weight excluding hydrogens is 288 g/mol. The Morgan fingerprint density at radius 2 is 1.83 bits per heavy atom. The smallest absolute Gasteiger partial charge is 0.138 e. The van der Waals surface area contributed by atoms with Crippen LogP contribution in [0.3, 0.4) is 0 Å². The van der Waals surface area contributed by atoms with E-state index in [-0.39, 0.29) is 11.9 Å². The number of likely N-dealkylation sites (tertiary alicyclic amines) is 1. The third-order valence-corrected chi connectivity index (χ3v) is 4.68. The van der Waals surface area contributed by atoms with E-state index in [0.29, 0.717) is 12.5 Å². The molecule has 122 valence electrons. The van der Waals surface area contributed by atoms with Crippen LogP contribution in [0.15, 0.2) is 42.5 Å². The summed E-state index contributed by atoms with van der Waals surface area (Å²) in [6, 6.07) is 13.4. The van der Waals surface area contributed by atoms with Gasteiger partial charge in [-0.3, -0.25) is 9.88 Å². The average molecular weight is 312 g/mol. The third kappa shape index (κ3) is 3.89. The summed E-state index contributed by atoms with van der Waals surface area (Å²) in [5.41, 5.74) is 2.67. The van der Waals surface area contributed by atoms with Crippen molar-refractivity contribution < 1.29 is 10.2 Å². The van der Waals surface area contributed by atoms with Crippen molar-refractivity contribution in [1.29, 1.82) is 0 Å². The first-order valence-electron chi connectivity index (χ1n) is 8.24. The van der Waals surface area contributed by atoms with Gasteiger partial charge in [0.1, 0.15) is 5.75 Å². The second-order valence-electron chi connectivity index (χ2n) is 6.39. The van der Waals surface area contributed by atoms with Crippen LogP contribution in [0.2, 0.25) is 0 Å². The second-order valence-corrected chi connectivity index (χ2v) is 6.39. The van der Waals surface area contributed by atoms with Crippen LogP contribution < -0.4 is 0 Å². The molecule has 0 saturated carbocycles. The molecule has 2 N–H and O–H groups in total. The summed E-state index contributed by atoms with van der Waals surface area (Å²) < 4.78 is 0. The van der Waals surface area contributed by atoms with Gasteiger partial charge in [-0.15, -0.1) is 0 Å². The maximum Gasteiger partial charge on any atom is 0.138 e. The molecule has 1 saturated heterocycles. The Labute approximate surface area is 137 Å². The van der Waals surface area contributed by atoms with Crippen LogP contribution in [-0.4, -0.2) is 33.2 Å². The molecule has 2 aromatic rings. The number of nitrogens with zero attached hydrogens (tertiary/aromatic N) is 2. The molecule has 23 heavy (non-hydrogen) atoms. The first-order valence-corrected chi connectivity index (χ1v) is 8.24. The number of aliphatic hydroxyl groups is 1. The molecule has 2 heterocycles.